The Bertz CT molecular complexity index is 411. The summed E-state index contributed by atoms with van der Waals surface area (Å²) >= 11 is 1.72. The van der Waals surface area contributed by atoms with Crippen LogP contribution >= 0.6 is 11.3 Å². The third-order valence-corrected chi connectivity index (χ3v) is 3.01. The standard InChI is InChI=1S/C11H15N3OS/c12-11-4-6-14(13-11)5-2-7-15-9-10-3-1-8-16-10/h1,3-4,6,8H,2,5,7,9H2,(H2,12,13). The molecule has 0 spiro atoms. The van der Waals surface area contributed by atoms with Crippen LogP contribution in [0.4, 0.5) is 5.82 Å². The smallest absolute Gasteiger partial charge is 0.145 e. The van der Waals surface area contributed by atoms with Crippen molar-refractivity contribution in [3.63, 3.8) is 0 Å². The van der Waals surface area contributed by atoms with Crippen molar-refractivity contribution in [2.75, 3.05) is 12.3 Å². The van der Waals surface area contributed by atoms with Crippen LogP contribution in [0.5, 0.6) is 0 Å². The van der Waals surface area contributed by atoms with Crippen molar-refractivity contribution in [2.45, 2.75) is 19.6 Å². The van der Waals surface area contributed by atoms with E-state index in [4.69, 9.17) is 10.5 Å². The van der Waals surface area contributed by atoms with Gasteiger partial charge in [0.25, 0.3) is 0 Å². The van der Waals surface area contributed by atoms with Crippen LogP contribution in [0.15, 0.2) is 29.8 Å². The summed E-state index contributed by atoms with van der Waals surface area (Å²) in [6.45, 7) is 2.30. The fourth-order valence-electron chi connectivity index (χ4n) is 1.40. The minimum absolute atomic E-state index is 0.569. The Kier molecular flexibility index (Phi) is 3.96. The Morgan fingerprint density at radius 1 is 1.44 bits per heavy atom. The van der Waals surface area contributed by atoms with E-state index in [1.54, 1.807) is 17.4 Å². The van der Waals surface area contributed by atoms with Crippen LogP contribution in [0.1, 0.15) is 11.3 Å². The van der Waals surface area contributed by atoms with Gasteiger partial charge < -0.3 is 10.5 Å². The molecule has 4 nitrogen and oxygen atoms in total. The fraction of sp³-hybridized carbons (Fsp3) is 0.364. The van der Waals surface area contributed by atoms with Crippen LogP contribution in [-0.2, 0) is 17.9 Å². The van der Waals surface area contributed by atoms with Crippen molar-refractivity contribution in [1.82, 2.24) is 9.78 Å². The van der Waals surface area contributed by atoms with Crippen LogP contribution in [0, 0.1) is 0 Å². The van der Waals surface area contributed by atoms with E-state index in [1.807, 2.05) is 16.9 Å². The lowest BCUT2D eigenvalue weighted by Crippen LogP contribution is -2.03. The third kappa shape index (κ3) is 3.36. The van der Waals surface area contributed by atoms with E-state index >= 15 is 0 Å². The molecule has 0 amide bonds. The monoisotopic (exact) mass is 237 g/mol. The summed E-state index contributed by atoms with van der Waals surface area (Å²) in [5, 5.41) is 6.16. The molecule has 0 bridgehead atoms. The number of anilines is 1. The zero-order valence-electron chi connectivity index (χ0n) is 9.00. The highest BCUT2D eigenvalue weighted by molar-refractivity contribution is 7.09. The van der Waals surface area contributed by atoms with Gasteiger partial charge in [0.05, 0.1) is 6.61 Å². The maximum Gasteiger partial charge on any atom is 0.145 e. The second kappa shape index (κ2) is 5.67. The van der Waals surface area contributed by atoms with Gasteiger partial charge in [0, 0.05) is 24.2 Å². The van der Waals surface area contributed by atoms with Gasteiger partial charge in [-0.1, -0.05) is 6.07 Å². The molecule has 2 aromatic heterocycles. The van der Waals surface area contributed by atoms with E-state index in [9.17, 15) is 0 Å². The minimum Gasteiger partial charge on any atom is -0.382 e. The first-order valence-corrected chi connectivity index (χ1v) is 6.11. The minimum atomic E-state index is 0.569. The number of nitrogens with zero attached hydrogens (tertiary/aromatic N) is 2. The van der Waals surface area contributed by atoms with Crippen LogP contribution in [0.2, 0.25) is 0 Å². The van der Waals surface area contributed by atoms with Gasteiger partial charge in [-0.2, -0.15) is 5.10 Å². The number of nitrogen functional groups attached to an aromatic ring is 1. The normalized spacial score (nSPS) is 10.8. The summed E-state index contributed by atoms with van der Waals surface area (Å²) in [5.74, 6) is 0.569. The number of rotatable bonds is 6. The first-order valence-electron chi connectivity index (χ1n) is 5.23. The molecule has 0 aromatic carbocycles. The van der Waals surface area contributed by atoms with Gasteiger partial charge in [-0.05, 0) is 23.9 Å². The molecule has 0 radical (unpaired) electrons. The highest BCUT2D eigenvalue weighted by atomic mass is 32.1. The van der Waals surface area contributed by atoms with E-state index in [1.165, 1.54) is 4.88 Å². The number of thiophene rings is 1. The van der Waals surface area contributed by atoms with Gasteiger partial charge in [-0.3, -0.25) is 4.68 Å². The van der Waals surface area contributed by atoms with Gasteiger partial charge >= 0.3 is 0 Å². The number of nitrogens with two attached hydrogens (primary N) is 1. The zero-order valence-corrected chi connectivity index (χ0v) is 9.82. The second-order valence-corrected chi connectivity index (χ2v) is 4.52. The van der Waals surface area contributed by atoms with E-state index in [2.05, 4.69) is 16.5 Å². The number of aryl methyl sites for hydroxylation is 1. The number of aromatic nitrogens is 2. The van der Waals surface area contributed by atoms with Gasteiger partial charge in [0.1, 0.15) is 5.82 Å². The van der Waals surface area contributed by atoms with Gasteiger partial charge in [0.2, 0.25) is 0 Å². The quantitative estimate of drug-likeness (QED) is 0.783. The second-order valence-electron chi connectivity index (χ2n) is 3.49. The molecule has 2 rings (SSSR count). The Labute approximate surface area is 98.6 Å². The third-order valence-electron chi connectivity index (χ3n) is 2.16. The summed E-state index contributed by atoms with van der Waals surface area (Å²) in [6, 6.07) is 5.92. The maximum atomic E-state index is 5.54. The van der Waals surface area contributed by atoms with Gasteiger partial charge in [0.15, 0.2) is 0 Å². The average molecular weight is 237 g/mol. The van der Waals surface area contributed by atoms with E-state index in [0.717, 1.165) is 19.6 Å². The molecular weight excluding hydrogens is 222 g/mol. The molecule has 0 fully saturated rings. The van der Waals surface area contributed by atoms with Crippen molar-refractivity contribution in [1.29, 1.82) is 0 Å². The number of hydrogen-bond donors (Lipinski definition) is 1. The topological polar surface area (TPSA) is 53.1 Å². The van der Waals surface area contributed by atoms with Gasteiger partial charge in [-0.15, -0.1) is 11.3 Å². The zero-order chi connectivity index (χ0) is 11.2. The molecule has 0 aliphatic rings. The van der Waals surface area contributed by atoms with Crippen molar-refractivity contribution in [2.24, 2.45) is 0 Å². The SMILES string of the molecule is Nc1ccn(CCCOCc2cccs2)n1. The molecule has 0 atom stereocenters. The van der Waals surface area contributed by atoms with Crippen molar-refractivity contribution in [3.8, 4) is 0 Å². The van der Waals surface area contributed by atoms with Gasteiger partial charge in [-0.25, -0.2) is 0 Å². The Balaban J connectivity index is 1.59. The van der Waals surface area contributed by atoms with Crippen molar-refractivity contribution >= 4 is 17.2 Å². The molecule has 16 heavy (non-hydrogen) atoms. The number of ether oxygens (including phenoxy) is 1. The van der Waals surface area contributed by atoms with Crippen LogP contribution in [0.3, 0.4) is 0 Å². The molecule has 0 aliphatic carbocycles. The molecular formula is C11H15N3OS. The molecule has 2 N–H and O–H groups in total. The predicted molar refractivity (Wildman–Crippen MR) is 65.2 cm³/mol. The van der Waals surface area contributed by atoms with E-state index in [0.29, 0.717) is 12.4 Å². The molecule has 86 valence electrons. The fourth-order valence-corrected chi connectivity index (χ4v) is 2.04. The van der Waals surface area contributed by atoms with Crippen molar-refractivity contribution in [3.05, 3.63) is 34.7 Å². The molecule has 5 heteroatoms. The molecule has 0 saturated heterocycles. The summed E-state index contributed by atoms with van der Waals surface area (Å²) in [6.07, 6.45) is 2.83. The summed E-state index contributed by atoms with van der Waals surface area (Å²) in [5.41, 5.74) is 5.51. The average Bonchev–Trinajstić information content (AvgIpc) is 2.89. The first kappa shape index (κ1) is 11.2. The lowest BCUT2D eigenvalue weighted by atomic mass is 10.4. The first-order chi connectivity index (χ1) is 7.84. The summed E-state index contributed by atoms with van der Waals surface area (Å²) in [7, 11) is 0. The highest BCUT2D eigenvalue weighted by Crippen LogP contribution is 2.09. The predicted octanol–water partition coefficient (Wildman–Crippen LogP) is 2.13. The largest absolute Gasteiger partial charge is 0.382 e. The Morgan fingerprint density at radius 3 is 3.06 bits per heavy atom. The molecule has 0 unspecified atom stereocenters. The van der Waals surface area contributed by atoms with E-state index < -0.39 is 0 Å². The summed E-state index contributed by atoms with van der Waals surface area (Å²) < 4.78 is 7.38. The van der Waals surface area contributed by atoms with Crippen LogP contribution in [-0.4, -0.2) is 16.4 Å². The highest BCUT2D eigenvalue weighted by Gasteiger charge is 1.96. The number of hydrogen-bond acceptors (Lipinski definition) is 4. The van der Waals surface area contributed by atoms with Crippen molar-refractivity contribution < 1.29 is 4.74 Å². The lowest BCUT2D eigenvalue weighted by molar-refractivity contribution is 0.117. The van der Waals surface area contributed by atoms with E-state index in [-0.39, 0.29) is 0 Å². The Hall–Kier alpha value is -1.33. The molecule has 2 aromatic rings. The maximum absolute atomic E-state index is 5.54. The van der Waals surface area contributed by atoms with Crippen LogP contribution in [0.25, 0.3) is 0 Å². The Morgan fingerprint density at radius 2 is 2.38 bits per heavy atom. The molecule has 0 saturated carbocycles. The molecule has 0 aliphatic heterocycles. The summed E-state index contributed by atoms with van der Waals surface area (Å²) in [4.78, 5) is 1.27. The lowest BCUT2D eigenvalue weighted by Gasteiger charge is -2.03. The molecule has 2 heterocycles. The van der Waals surface area contributed by atoms with Crippen LogP contribution < -0.4 is 5.73 Å².